The average Bonchev–Trinajstić information content (AvgIpc) is 2.46. The molecule has 0 unspecified atom stereocenters. The molecular weight excluding hydrogens is 318 g/mol. The number of hydrogen-bond donors (Lipinski definition) is 0. The van der Waals surface area contributed by atoms with E-state index in [2.05, 4.69) is 4.74 Å². The van der Waals surface area contributed by atoms with Crippen molar-refractivity contribution in [1.82, 2.24) is 0 Å². The molecule has 0 aliphatic rings. The lowest BCUT2D eigenvalue weighted by atomic mass is 10.2. The smallest absolute Gasteiger partial charge is 0.337 e. The fourth-order valence-corrected chi connectivity index (χ4v) is 4.95. The summed E-state index contributed by atoms with van der Waals surface area (Å²) in [6, 6.07) is 5.29. The molecule has 0 saturated carbocycles. The second kappa shape index (κ2) is 6.44. The highest BCUT2D eigenvalue weighted by molar-refractivity contribution is 8.10. The third-order valence-corrected chi connectivity index (χ3v) is 6.97. The number of hydrogen-bond acceptors (Lipinski definition) is 6. The highest BCUT2D eigenvalue weighted by Gasteiger charge is 2.32. The van der Waals surface area contributed by atoms with E-state index in [1.807, 2.05) is 0 Å². The van der Waals surface area contributed by atoms with E-state index in [9.17, 15) is 21.6 Å². The first-order valence-corrected chi connectivity index (χ1v) is 9.35. The summed E-state index contributed by atoms with van der Waals surface area (Å²) in [5.74, 6) is -1.44. The fourth-order valence-electron chi connectivity index (χ4n) is 1.59. The number of ether oxygens (including phenoxy) is 1. The largest absolute Gasteiger partial charge is 0.465 e. The van der Waals surface area contributed by atoms with Crippen molar-refractivity contribution >= 4 is 31.7 Å². The van der Waals surface area contributed by atoms with Gasteiger partial charge in [0, 0.05) is 0 Å². The second-order valence-electron chi connectivity index (χ2n) is 4.04. The number of carbonyl (C=O) groups excluding carboxylic acids is 1. The van der Waals surface area contributed by atoms with Gasteiger partial charge in [0.2, 0.25) is 20.0 Å². The zero-order chi connectivity index (χ0) is 16.3. The average molecular weight is 335 g/mol. The van der Waals surface area contributed by atoms with Gasteiger partial charge in [0.25, 0.3) is 0 Å². The quantitative estimate of drug-likeness (QED) is 0.719. The molecule has 0 N–H and O–H groups in total. The third-order valence-electron chi connectivity index (χ3n) is 2.71. The predicted molar refractivity (Wildman–Crippen MR) is 79.2 cm³/mol. The van der Waals surface area contributed by atoms with Crippen molar-refractivity contribution in [2.75, 3.05) is 22.3 Å². The molecule has 0 radical (unpaired) electrons. The minimum absolute atomic E-state index is 0.0672. The molecule has 9 heteroatoms. The molecule has 0 atom stereocenters. The monoisotopic (exact) mass is 335 g/mol. The number of nitrogens with zero attached hydrogens (tertiary/aromatic N) is 1. The molecule has 0 bridgehead atoms. The Bertz CT molecular complexity index is 690. The lowest BCUT2D eigenvalue weighted by Crippen LogP contribution is -2.39. The Kier molecular flexibility index (Phi) is 5.35. The van der Waals surface area contributed by atoms with Crippen molar-refractivity contribution in [3.05, 3.63) is 29.8 Å². The molecule has 0 aromatic heterocycles. The zero-order valence-corrected chi connectivity index (χ0v) is 13.6. The van der Waals surface area contributed by atoms with Crippen molar-refractivity contribution in [2.45, 2.75) is 13.8 Å². The Hall–Kier alpha value is -1.61. The van der Waals surface area contributed by atoms with E-state index in [1.165, 1.54) is 45.2 Å². The summed E-state index contributed by atoms with van der Waals surface area (Å²) >= 11 is 0. The summed E-state index contributed by atoms with van der Waals surface area (Å²) in [6.45, 7) is 2.69. The molecule has 0 saturated heterocycles. The highest BCUT2D eigenvalue weighted by Crippen LogP contribution is 2.24. The van der Waals surface area contributed by atoms with Crippen LogP contribution >= 0.6 is 0 Å². The van der Waals surface area contributed by atoms with Gasteiger partial charge in [-0.3, -0.25) is 0 Å². The van der Waals surface area contributed by atoms with E-state index in [0.717, 1.165) is 0 Å². The van der Waals surface area contributed by atoms with Gasteiger partial charge in [-0.25, -0.2) is 21.6 Å². The van der Waals surface area contributed by atoms with Crippen molar-refractivity contribution in [1.29, 1.82) is 0 Å². The van der Waals surface area contributed by atoms with Gasteiger partial charge in [-0.2, -0.15) is 3.71 Å². The van der Waals surface area contributed by atoms with Crippen LogP contribution in [0.15, 0.2) is 24.3 Å². The molecule has 0 aliphatic carbocycles. The standard InChI is InChI=1S/C12H17NO6S2/c1-4-20(15,16)13(21(17,18)5-2)11-8-6-7-10(9-11)12(14)19-3/h6-9H,4-5H2,1-3H3. The van der Waals surface area contributed by atoms with E-state index in [1.54, 1.807) is 0 Å². The molecule has 0 spiro atoms. The Balaban J connectivity index is 3.52. The van der Waals surface area contributed by atoms with Gasteiger partial charge in [0.1, 0.15) is 0 Å². The topological polar surface area (TPSA) is 97.8 Å². The zero-order valence-electron chi connectivity index (χ0n) is 11.9. The van der Waals surface area contributed by atoms with Crippen molar-refractivity contribution in [2.24, 2.45) is 0 Å². The Morgan fingerprint density at radius 1 is 1.10 bits per heavy atom. The van der Waals surface area contributed by atoms with E-state index in [0.29, 0.717) is 3.71 Å². The van der Waals surface area contributed by atoms with Crippen LogP contribution in [0.4, 0.5) is 5.69 Å². The maximum Gasteiger partial charge on any atom is 0.337 e. The molecule has 1 aromatic rings. The van der Waals surface area contributed by atoms with Crippen LogP contribution in [0, 0.1) is 0 Å². The van der Waals surface area contributed by atoms with Gasteiger partial charge in [-0.1, -0.05) is 6.07 Å². The molecular formula is C12H17NO6S2. The molecule has 0 heterocycles. The molecule has 1 rings (SSSR count). The molecule has 0 aliphatic heterocycles. The van der Waals surface area contributed by atoms with Crippen molar-refractivity contribution in [3.8, 4) is 0 Å². The van der Waals surface area contributed by atoms with Gasteiger partial charge in [-0.05, 0) is 32.0 Å². The maximum absolute atomic E-state index is 12.1. The minimum Gasteiger partial charge on any atom is -0.465 e. The lowest BCUT2D eigenvalue weighted by Gasteiger charge is -2.23. The first-order chi connectivity index (χ1) is 9.69. The van der Waals surface area contributed by atoms with E-state index >= 15 is 0 Å². The number of methoxy groups -OCH3 is 1. The van der Waals surface area contributed by atoms with Gasteiger partial charge in [0.05, 0.1) is 29.9 Å². The lowest BCUT2D eigenvalue weighted by molar-refractivity contribution is 0.0600. The molecule has 0 amide bonds. The summed E-state index contributed by atoms with van der Waals surface area (Å²) in [7, 11) is -6.90. The van der Waals surface area contributed by atoms with Gasteiger partial charge >= 0.3 is 5.97 Å². The normalized spacial score (nSPS) is 12.0. The molecule has 7 nitrogen and oxygen atoms in total. The number of esters is 1. The summed E-state index contributed by atoms with van der Waals surface area (Å²) < 4.78 is 53.3. The summed E-state index contributed by atoms with van der Waals surface area (Å²) in [5, 5.41) is 0. The maximum atomic E-state index is 12.1. The number of rotatable bonds is 6. The van der Waals surface area contributed by atoms with Crippen molar-refractivity contribution < 1.29 is 26.4 Å². The van der Waals surface area contributed by atoms with Crippen LogP contribution < -0.4 is 3.71 Å². The fraction of sp³-hybridized carbons (Fsp3) is 0.417. The van der Waals surface area contributed by atoms with Crippen LogP contribution in [0.1, 0.15) is 24.2 Å². The minimum atomic E-state index is -4.04. The van der Waals surface area contributed by atoms with E-state index < -0.39 is 26.0 Å². The number of benzene rings is 1. The Labute approximate surface area is 124 Å². The van der Waals surface area contributed by atoms with Crippen LogP contribution in [-0.2, 0) is 24.8 Å². The number of sulfonamides is 2. The Morgan fingerprint density at radius 2 is 1.62 bits per heavy atom. The number of carbonyl (C=O) groups is 1. The molecule has 21 heavy (non-hydrogen) atoms. The van der Waals surface area contributed by atoms with Crippen LogP contribution in [0.2, 0.25) is 0 Å². The second-order valence-corrected chi connectivity index (χ2v) is 8.48. The SMILES string of the molecule is CCS(=O)(=O)N(c1cccc(C(=O)OC)c1)S(=O)(=O)CC. The van der Waals surface area contributed by atoms with Crippen LogP contribution in [0.25, 0.3) is 0 Å². The van der Waals surface area contributed by atoms with Gasteiger partial charge < -0.3 is 4.74 Å². The van der Waals surface area contributed by atoms with Crippen LogP contribution in [0.3, 0.4) is 0 Å². The molecule has 0 fully saturated rings. The first kappa shape index (κ1) is 17.4. The number of anilines is 1. The Morgan fingerprint density at radius 3 is 2.05 bits per heavy atom. The van der Waals surface area contributed by atoms with Crippen LogP contribution in [-0.4, -0.2) is 41.4 Å². The summed E-state index contributed by atoms with van der Waals surface area (Å²) in [4.78, 5) is 11.5. The third kappa shape index (κ3) is 3.73. The van der Waals surface area contributed by atoms with Gasteiger partial charge in [0.15, 0.2) is 0 Å². The van der Waals surface area contributed by atoms with E-state index in [4.69, 9.17) is 0 Å². The molecule has 1 aromatic carbocycles. The molecule has 118 valence electrons. The predicted octanol–water partition coefficient (Wildman–Crippen LogP) is 0.979. The first-order valence-electron chi connectivity index (χ1n) is 6.13. The van der Waals surface area contributed by atoms with Crippen molar-refractivity contribution in [3.63, 3.8) is 0 Å². The summed E-state index contributed by atoms with van der Waals surface area (Å²) in [6.07, 6.45) is 0. The summed E-state index contributed by atoms with van der Waals surface area (Å²) in [5.41, 5.74) is -0.0424. The highest BCUT2D eigenvalue weighted by atomic mass is 32.3. The van der Waals surface area contributed by atoms with Gasteiger partial charge in [-0.15, -0.1) is 0 Å². The van der Waals surface area contributed by atoms with E-state index in [-0.39, 0.29) is 22.8 Å². The van der Waals surface area contributed by atoms with Crippen LogP contribution in [0.5, 0.6) is 0 Å².